The summed E-state index contributed by atoms with van der Waals surface area (Å²) in [7, 11) is 0. The molecule has 4 aliphatic rings. The number of rotatable bonds is 2. The van der Waals surface area contributed by atoms with E-state index in [1.54, 1.807) is 6.92 Å². The summed E-state index contributed by atoms with van der Waals surface area (Å²) in [6.07, 6.45) is 16.7. The molecule has 0 bridgehead atoms. The van der Waals surface area contributed by atoms with Crippen molar-refractivity contribution in [2.75, 3.05) is 0 Å². The first-order valence-corrected chi connectivity index (χ1v) is 10.5. The largest absolute Gasteiger partial charge is 0.299 e. The average molecular weight is 353 g/mol. The first kappa shape index (κ1) is 18.0. The molecule has 26 heavy (non-hydrogen) atoms. The second-order valence-corrected chi connectivity index (χ2v) is 9.98. The lowest BCUT2D eigenvalue weighted by molar-refractivity contribution is -0.140. The number of carbonyl (C=O) groups is 2. The Bertz CT molecular complexity index is 725. The first-order chi connectivity index (χ1) is 12.3. The average Bonchev–Trinajstić information content (AvgIpc) is 2.90. The molecule has 140 valence electrons. The molecule has 0 aromatic rings. The smallest absolute Gasteiger partial charge is 0.155 e. The zero-order valence-electron chi connectivity index (χ0n) is 16.6. The van der Waals surface area contributed by atoms with E-state index < -0.39 is 0 Å². The van der Waals surface area contributed by atoms with E-state index in [9.17, 15) is 9.59 Å². The molecular weight excluding hydrogens is 320 g/mol. The molecule has 6 atom stereocenters. The van der Waals surface area contributed by atoms with Gasteiger partial charge in [0, 0.05) is 18.3 Å². The Morgan fingerprint density at radius 1 is 1.15 bits per heavy atom. The maximum absolute atomic E-state index is 12.8. The van der Waals surface area contributed by atoms with Crippen molar-refractivity contribution in [2.24, 2.45) is 34.0 Å². The highest BCUT2D eigenvalue weighted by atomic mass is 16.1. The van der Waals surface area contributed by atoms with Crippen LogP contribution in [0.5, 0.6) is 0 Å². The van der Waals surface area contributed by atoms with Gasteiger partial charge in [-0.3, -0.25) is 9.59 Å². The van der Waals surface area contributed by atoms with Crippen LogP contribution in [0.2, 0.25) is 0 Å². The molecule has 0 aromatic heterocycles. The van der Waals surface area contributed by atoms with Crippen LogP contribution in [0.25, 0.3) is 0 Å². The Hall–Kier alpha value is -1.36. The van der Waals surface area contributed by atoms with Gasteiger partial charge in [0.25, 0.3) is 0 Å². The molecule has 4 aliphatic carbocycles. The van der Waals surface area contributed by atoms with Crippen molar-refractivity contribution in [1.82, 2.24) is 0 Å². The number of ketones is 2. The van der Waals surface area contributed by atoms with Crippen LogP contribution in [-0.2, 0) is 9.59 Å². The molecule has 3 fully saturated rings. The Balaban J connectivity index is 1.71. The lowest BCUT2D eigenvalue weighted by Gasteiger charge is -2.59. The fourth-order valence-electron chi connectivity index (χ4n) is 7.86. The molecule has 4 rings (SSSR count). The van der Waals surface area contributed by atoms with Crippen molar-refractivity contribution in [2.45, 2.75) is 78.6 Å². The van der Waals surface area contributed by atoms with E-state index in [0.717, 1.165) is 32.1 Å². The highest BCUT2D eigenvalue weighted by Crippen LogP contribution is 2.70. The van der Waals surface area contributed by atoms with E-state index in [0.29, 0.717) is 42.2 Å². The van der Waals surface area contributed by atoms with Crippen LogP contribution >= 0.6 is 0 Å². The lowest BCUT2D eigenvalue weighted by Crippen LogP contribution is -2.54. The number of allylic oxidation sites excluding steroid dienone is 1. The van der Waals surface area contributed by atoms with Gasteiger partial charge in [-0.1, -0.05) is 19.4 Å². The van der Waals surface area contributed by atoms with E-state index in [1.165, 1.54) is 18.4 Å². The number of hydrogen-bond donors (Lipinski definition) is 0. The van der Waals surface area contributed by atoms with Gasteiger partial charge in [0.1, 0.15) is 5.78 Å². The Labute approximate surface area is 158 Å². The van der Waals surface area contributed by atoms with Crippen molar-refractivity contribution in [3.8, 4) is 12.3 Å². The van der Waals surface area contributed by atoms with Gasteiger partial charge in [-0.15, -0.1) is 12.3 Å². The van der Waals surface area contributed by atoms with Crippen LogP contribution in [0.15, 0.2) is 11.6 Å². The van der Waals surface area contributed by atoms with Crippen LogP contribution in [-0.4, -0.2) is 11.6 Å². The first-order valence-electron chi connectivity index (χ1n) is 10.5. The molecule has 0 aliphatic heterocycles. The van der Waals surface area contributed by atoms with Gasteiger partial charge >= 0.3 is 0 Å². The molecule has 0 spiro atoms. The predicted molar refractivity (Wildman–Crippen MR) is 103 cm³/mol. The zero-order valence-corrected chi connectivity index (χ0v) is 16.6. The van der Waals surface area contributed by atoms with Gasteiger partial charge in [-0.2, -0.15) is 0 Å². The van der Waals surface area contributed by atoms with E-state index in [-0.39, 0.29) is 16.2 Å². The minimum absolute atomic E-state index is 0.0500. The molecule has 2 nitrogen and oxygen atoms in total. The van der Waals surface area contributed by atoms with Crippen molar-refractivity contribution >= 4 is 11.6 Å². The zero-order chi connectivity index (χ0) is 18.7. The third-order valence-corrected chi connectivity index (χ3v) is 9.40. The third kappa shape index (κ3) is 2.12. The van der Waals surface area contributed by atoms with E-state index in [4.69, 9.17) is 6.42 Å². The summed E-state index contributed by atoms with van der Waals surface area (Å²) in [5.74, 6) is 5.44. The highest BCUT2D eigenvalue weighted by Gasteiger charge is 2.65. The van der Waals surface area contributed by atoms with Crippen LogP contribution in [0.3, 0.4) is 0 Å². The minimum Gasteiger partial charge on any atom is -0.299 e. The standard InChI is InChI=1S/C24H32O2/c1-5-11-24(16(2)25)14-10-21-19-7-6-17-15-18(26)8-12-22(17,3)20(19)9-13-23(21,24)4/h1,15,19-21H,6-14H2,2-4H3/t19-,20+,21+,22+,23+,24-/m1/s1. The van der Waals surface area contributed by atoms with Gasteiger partial charge in [0.15, 0.2) is 5.78 Å². The van der Waals surface area contributed by atoms with E-state index in [2.05, 4.69) is 19.8 Å². The monoisotopic (exact) mass is 352 g/mol. The van der Waals surface area contributed by atoms with E-state index >= 15 is 0 Å². The summed E-state index contributed by atoms with van der Waals surface area (Å²) in [6, 6.07) is 0. The van der Waals surface area contributed by atoms with Crippen molar-refractivity contribution in [1.29, 1.82) is 0 Å². The molecule has 0 radical (unpaired) electrons. The summed E-state index contributed by atoms with van der Waals surface area (Å²) in [5.41, 5.74) is 1.36. The number of fused-ring (bicyclic) bond motifs is 5. The third-order valence-electron chi connectivity index (χ3n) is 9.40. The summed E-state index contributed by atoms with van der Waals surface area (Å²) < 4.78 is 0. The number of Topliss-reactive ketones (excluding diaryl/α,β-unsaturated/α-hetero) is 1. The maximum Gasteiger partial charge on any atom is 0.155 e. The number of carbonyl (C=O) groups excluding carboxylic acids is 2. The predicted octanol–water partition coefficient (Wildman–Crippen LogP) is 5.12. The minimum atomic E-state index is -0.309. The summed E-state index contributed by atoms with van der Waals surface area (Å²) in [6.45, 7) is 6.56. The second kappa shape index (κ2) is 5.82. The van der Waals surface area contributed by atoms with Crippen molar-refractivity contribution < 1.29 is 9.59 Å². The fraction of sp³-hybridized carbons (Fsp3) is 0.750. The SMILES string of the molecule is C#CC[C@]1(C(C)=O)CC[C@H]2[C@@H]3CCC4=CC(=O)CC[C@]4(C)[C@H]3CC[C@@]21C. The topological polar surface area (TPSA) is 34.1 Å². The highest BCUT2D eigenvalue weighted by molar-refractivity contribution is 5.91. The molecule has 0 saturated heterocycles. The molecule has 3 saturated carbocycles. The maximum atomic E-state index is 12.8. The molecule has 0 amide bonds. The van der Waals surface area contributed by atoms with Gasteiger partial charge < -0.3 is 0 Å². The summed E-state index contributed by atoms with van der Waals surface area (Å²) >= 11 is 0. The quantitative estimate of drug-likeness (QED) is 0.647. The van der Waals surface area contributed by atoms with Crippen LogP contribution in [0.1, 0.15) is 78.6 Å². The van der Waals surface area contributed by atoms with E-state index in [1.807, 2.05) is 6.08 Å². The lowest BCUT2D eigenvalue weighted by atomic mass is 9.44. The fourth-order valence-corrected chi connectivity index (χ4v) is 7.86. The van der Waals surface area contributed by atoms with Crippen LogP contribution < -0.4 is 0 Å². The number of terminal acetylenes is 1. The molecule has 0 aromatic carbocycles. The van der Waals surface area contributed by atoms with Gasteiger partial charge in [-0.05, 0) is 86.5 Å². The Morgan fingerprint density at radius 3 is 2.58 bits per heavy atom. The summed E-state index contributed by atoms with van der Waals surface area (Å²) in [4.78, 5) is 24.7. The van der Waals surface area contributed by atoms with Gasteiger partial charge in [0.2, 0.25) is 0 Å². The normalized spacial score (nSPS) is 47.2. The molecular formula is C24H32O2. The van der Waals surface area contributed by atoms with Crippen LogP contribution in [0.4, 0.5) is 0 Å². The molecule has 0 N–H and O–H groups in total. The Morgan fingerprint density at radius 2 is 1.88 bits per heavy atom. The molecule has 2 heteroatoms. The second-order valence-electron chi connectivity index (χ2n) is 9.98. The Kier molecular flexibility index (Phi) is 4.03. The van der Waals surface area contributed by atoms with Gasteiger partial charge in [-0.25, -0.2) is 0 Å². The van der Waals surface area contributed by atoms with Crippen molar-refractivity contribution in [3.05, 3.63) is 11.6 Å². The molecule has 0 unspecified atom stereocenters. The van der Waals surface area contributed by atoms with Crippen molar-refractivity contribution in [3.63, 3.8) is 0 Å². The number of hydrogen-bond acceptors (Lipinski definition) is 2. The van der Waals surface area contributed by atoms with Gasteiger partial charge in [0.05, 0.1) is 0 Å². The summed E-state index contributed by atoms with van der Waals surface area (Å²) in [5, 5.41) is 0. The molecule has 0 heterocycles. The van der Waals surface area contributed by atoms with Crippen LogP contribution in [0, 0.1) is 46.3 Å².